The van der Waals surface area contributed by atoms with Crippen LogP contribution in [0.25, 0.3) is 11.3 Å². The van der Waals surface area contributed by atoms with E-state index >= 15 is 0 Å². The van der Waals surface area contributed by atoms with Gasteiger partial charge in [0, 0.05) is 24.0 Å². The van der Waals surface area contributed by atoms with Crippen LogP contribution in [-0.2, 0) is 0 Å². The van der Waals surface area contributed by atoms with Crippen molar-refractivity contribution >= 4 is 11.6 Å². The summed E-state index contributed by atoms with van der Waals surface area (Å²) < 4.78 is 0. The van der Waals surface area contributed by atoms with E-state index in [-0.39, 0.29) is 0 Å². The van der Waals surface area contributed by atoms with Crippen LogP contribution >= 0.6 is 11.6 Å². The molecule has 0 saturated carbocycles. The van der Waals surface area contributed by atoms with E-state index in [4.69, 9.17) is 11.6 Å². The van der Waals surface area contributed by atoms with Crippen LogP contribution in [0.15, 0.2) is 36.9 Å². The molecule has 0 aromatic carbocycles. The van der Waals surface area contributed by atoms with E-state index in [0.29, 0.717) is 5.15 Å². The predicted molar refractivity (Wildman–Crippen MR) is 50.3 cm³/mol. The van der Waals surface area contributed by atoms with E-state index in [0.717, 1.165) is 11.3 Å². The van der Waals surface area contributed by atoms with Gasteiger partial charge in [0.25, 0.3) is 0 Å². The van der Waals surface area contributed by atoms with E-state index in [9.17, 15) is 0 Å². The van der Waals surface area contributed by atoms with Gasteiger partial charge in [-0.2, -0.15) is 0 Å². The van der Waals surface area contributed by atoms with Crippen molar-refractivity contribution in [2.45, 2.75) is 0 Å². The first kappa shape index (κ1) is 8.13. The fourth-order valence-electron chi connectivity index (χ4n) is 1.01. The SMILES string of the molecule is Clc1cc(-c2ccncc2)ncn1. The fourth-order valence-corrected chi connectivity index (χ4v) is 1.16. The smallest absolute Gasteiger partial charge is 0.133 e. The van der Waals surface area contributed by atoms with Gasteiger partial charge in [-0.1, -0.05) is 11.6 Å². The van der Waals surface area contributed by atoms with E-state index < -0.39 is 0 Å². The average Bonchev–Trinajstić information content (AvgIpc) is 2.19. The maximum atomic E-state index is 5.73. The van der Waals surface area contributed by atoms with Gasteiger partial charge in [-0.3, -0.25) is 4.98 Å². The second-order valence-corrected chi connectivity index (χ2v) is 2.85. The topological polar surface area (TPSA) is 38.7 Å². The normalized spacial score (nSPS) is 9.92. The highest BCUT2D eigenvalue weighted by molar-refractivity contribution is 6.29. The van der Waals surface area contributed by atoms with Crippen molar-refractivity contribution in [3.8, 4) is 11.3 Å². The van der Waals surface area contributed by atoms with Crippen molar-refractivity contribution in [3.63, 3.8) is 0 Å². The molecule has 0 unspecified atom stereocenters. The Labute approximate surface area is 80.5 Å². The van der Waals surface area contributed by atoms with Crippen molar-refractivity contribution in [1.29, 1.82) is 0 Å². The zero-order valence-electron chi connectivity index (χ0n) is 6.68. The molecule has 0 aliphatic carbocycles. The van der Waals surface area contributed by atoms with Crippen LogP contribution in [0.2, 0.25) is 5.15 Å². The van der Waals surface area contributed by atoms with Crippen LogP contribution in [-0.4, -0.2) is 15.0 Å². The molecule has 13 heavy (non-hydrogen) atoms. The first-order chi connectivity index (χ1) is 6.36. The van der Waals surface area contributed by atoms with Gasteiger partial charge in [0.15, 0.2) is 0 Å². The molecule has 2 rings (SSSR count). The second kappa shape index (κ2) is 3.49. The van der Waals surface area contributed by atoms with Crippen LogP contribution in [0.4, 0.5) is 0 Å². The molecule has 3 nitrogen and oxygen atoms in total. The molecule has 2 aromatic heterocycles. The molecule has 0 spiro atoms. The largest absolute Gasteiger partial charge is 0.265 e. The summed E-state index contributed by atoms with van der Waals surface area (Å²) in [6.45, 7) is 0. The minimum absolute atomic E-state index is 0.446. The summed E-state index contributed by atoms with van der Waals surface area (Å²) in [6, 6.07) is 5.47. The van der Waals surface area contributed by atoms with Gasteiger partial charge < -0.3 is 0 Å². The number of rotatable bonds is 1. The lowest BCUT2D eigenvalue weighted by Gasteiger charge is -1.98. The molecule has 0 N–H and O–H groups in total. The Hall–Kier alpha value is -1.48. The summed E-state index contributed by atoms with van der Waals surface area (Å²) in [5.41, 5.74) is 1.79. The number of pyridine rings is 1. The molecule has 2 aromatic rings. The lowest BCUT2D eigenvalue weighted by molar-refractivity contribution is 1.17. The number of aromatic nitrogens is 3. The van der Waals surface area contributed by atoms with Crippen molar-refractivity contribution in [2.24, 2.45) is 0 Å². The third kappa shape index (κ3) is 1.81. The van der Waals surface area contributed by atoms with E-state index in [1.54, 1.807) is 18.5 Å². The lowest BCUT2D eigenvalue weighted by Crippen LogP contribution is -1.85. The minimum Gasteiger partial charge on any atom is -0.265 e. The van der Waals surface area contributed by atoms with Crippen molar-refractivity contribution in [2.75, 3.05) is 0 Å². The van der Waals surface area contributed by atoms with Crippen LogP contribution < -0.4 is 0 Å². The van der Waals surface area contributed by atoms with Crippen molar-refractivity contribution < 1.29 is 0 Å². The molecular weight excluding hydrogens is 186 g/mol. The molecule has 2 heterocycles. The Morgan fingerprint density at radius 2 is 1.85 bits per heavy atom. The molecule has 64 valence electrons. The molecule has 0 fully saturated rings. The highest BCUT2D eigenvalue weighted by atomic mass is 35.5. The van der Waals surface area contributed by atoms with Gasteiger partial charge in [-0.25, -0.2) is 9.97 Å². The highest BCUT2D eigenvalue weighted by Crippen LogP contribution is 2.16. The van der Waals surface area contributed by atoms with Gasteiger partial charge >= 0.3 is 0 Å². The predicted octanol–water partition coefficient (Wildman–Crippen LogP) is 2.19. The van der Waals surface area contributed by atoms with Gasteiger partial charge in [0.2, 0.25) is 0 Å². The highest BCUT2D eigenvalue weighted by Gasteiger charge is 1.98. The molecule has 0 aliphatic heterocycles. The Morgan fingerprint density at radius 1 is 1.08 bits per heavy atom. The first-order valence-corrected chi connectivity index (χ1v) is 4.12. The zero-order valence-corrected chi connectivity index (χ0v) is 7.44. The third-order valence-electron chi connectivity index (χ3n) is 1.61. The second-order valence-electron chi connectivity index (χ2n) is 2.46. The van der Waals surface area contributed by atoms with Gasteiger partial charge in [0.1, 0.15) is 11.5 Å². The Kier molecular flexibility index (Phi) is 2.19. The molecule has 0 atom stereocenters. The molecule has 0 saturated heterocycles. The van der Waals surface area contributed by atoms with Crippen LogP contribution in [0.1, 0.15) is 0 Å². The third-order valence-corrected chi connectivity index (χ3v) is 1.82. The standard InChI is InChI=1S/C9H6ClN3/c10-9-5-8(12-6-13-9)7-1-3-11-4-2-7/h1-6H. The molecule has 0 bridgehead atoms. The minimum atomic E-state index is 0.446. The van der Waals surface area contributed by atoms with Crippen molar-refractivity contribution in [1.82, 2.24) is 15.0 Å². The molecular formula is C9H6ClN3. The van der Waals surface area contributed by atoms with E-state index in [1.165, 1.54) is 6.33 Å². The number of hydrogen-bond donors (Lipinski definition) is 0. The summed E-state index contributed by atoms with van der Waals surface area (Å²) >= 11 is 5.73. The van der Waals surface area contributed by atoms with E-state index in [1.807, 2.05) is 12.1 Å². The van der Waals surface area contributed by atoms with Gasteiger partial charge in [0.05, 0.1) is 5.69 Å². The van der Waals surface area contributed by atoms with Crippen molar-refractivity contribution in [3.05, 3.63) is 42.1 Å². The Morgan fingerprint density at radius 3 is 2.54 bits per heavy atom. The summed E-state index contributed by atoms with van der Waals surface area (Å²) in [6.07, 6.45) is 4.87. The first-order valence-electron chi connectivity index (χ1n) is 3.74. The maximum Gasteiger partial charge on any atom is 0.133 e. The summed E-state index contributed by atoms with van der Waals surface area (Å²) in [4.78, 5) is 11.8. The monoisotopic (exact) mass is 191 g/mol. The average molecular weight is 192 g/mol. The Balaban J connectivity index is 2.48. The summed E-state index contributed by atoms with van der Waals surface area (Å²) in [7, 11) is 0. The zero-order chi connectivity index (χ0) is 9.10. The van der Waals surface area contributed by atoms with Crippen LogP contribution in [0.5, 0.6) is 0 Å². The van der Waals surface area contributed by atoms with Crippen LogP contribution in [0.3, 0.4) is 0 Å². The number of nitrogens with zero attached hydrogens (tertiary/aromatic N) is 3. The summed E-state index contributed by atoms with van der Waals surface area (Å²) in [5, 5.41) is 0.446. The van der Waals surface area contributed by atoms with E-state index in [2.05, 4.69) is 15.0 Å². The Bertz CT molecular complexity index is 403. The quantitative estimate of drug-likeness (QED) is 0.649. The lowest BCUT2D eigenvalue weighted by atomic mass is 10.2. The maximum absolute atomic E-state index is 5.73. The fraction of sp³-hybridized carbons (Fsp3) is 0. The van der Waals surface area contributed by atoms with Crippen LogP contribution in [0, 0.1) is 0 Å². The summed E-state index contributed by atoms with van der Waals surface area (Å²) in [5.74, 6) is 0. The van der Waals surface area contributed by atoms with Gasteiger partial charge in [-0.05, 0) is 12.1 Å². The molecule has 0 amide bonds. The number of halogens is 1. The molecule has 0 radical (unpaired) electrons. The van der Waals surface area contributed by atoms with Gasteiger partial charge in [-0.15, -0.1) is 0 Å². The molecule has 4 heteroatoms. The molecule has 0 aliphatic rings. The number of hydrogen-bond acceptors (Lipinski definition) is 3.